The average molecular weight is 340 g/mol. The van der Waals surface area contributed by atoms with Crippen molar-refractivity contribution >= 4 is 11.9 Å². The highest BCUT2D eigenvalue weighted by Gasteiger charge is 2.38. The van der Waals surface area contributed by atoms with Crippen LogP contribution < -0.4 is 0 Å². The lowest BCUT2D eigenvalue weighted by Crippen LogP contribution is -2.35. The summed E-state index contributed by atoms with van der Waals surface area (Å²) in [5, 5.41) is 0. The zero-order valence-electron chi connectivity index (χ0n) is 14.6. The largest absolute Gasteiger partial charge is 0.463 e. The van der Waals surface area contributed by atoms with Crippen molar-refractivity contribution in [1.82, 2.24) is 0 Å². The van der Waals surface area contributed by atoms with Gasteiger partial charge in [0, 0.05) is 12.8 Å². The Hall–Kier alpha value is -1.14. The zero-order chi connectivity index (χ0) is 17.1. The van der Waals surface area contributed by atoms with Crippen LogP contribution in [0.5, 0.6) is 0 Å². The Labute approximate surface area is 143 Å². The maximum absolute atomic E-state index is 12.1. The molecule has 3 aliphatic rings. The molecule has 0 radical (unpaired) electrons. The Bertz CT molecular complexity index is 456. The van der Waals surface area contributed by atoms with Gasteiger partial charge in [-0.05, 0) is 30.1 Å². The predicted molar refractivity (Wildman–Crippen MR) is 85.2 cm³/mol. The van der Waals surface area contributed by atoms with Gasteiger partial charge in [-0.25, -0.2) is 0 Å². The van der Waals surface area contributed by atoms with Gasteiger partial charge in [-0.3, -0.25) is 9.59 Å². The molecule has 0 spiro atoms. The standard InChI is InChI=1S/C18H28O6/c1-11-3-4-13(5-17(19)23-9-14-7-21-14)16(12(11)2)6-18(20)24-10-15-8-22-15/h11-16H,3-10H2,1-2H3. The molecule has 6 unspecified atom stereocenters. The number of hydrogen-bond acceptors (Lipinski definition) is 6. The highest BCUT2D eigenvalue weighted by atomic mass is 16.6. The third-order valence-electron chi connectivity index (χ3n) is 5.67. The third-order valence-corrected chi connectivity index (χ3v) is 5.67. The minimum absolute atomic E-state index is 0.0899. The van der Waals surface area contributed by atoms with Crippen molar-refractivity contribution < 1.29 is 28.5 Å². The topological polar surface area (TPSA) is 77.7 Å². The first-order valence-corrected chi connectivity index (χ1v) is 9.07. The lowest BCUT2D eigenvalue weighted by Gasteiger charge is -2.39. The van der Waals surface area contributed by atoms with Gasteiger partial charge in [-0.2, -0.15) is 0 Å². The van der Waals surface area contributed by atoms with Gasteiger partial charge in [0.1, 0.15) is 25.4 Å². The van der Waals surface area contributed by atoms with Gasteiger partial charge in [0.15, 0.2) is 0 Å². The van der Waals surface area contributed by atoms with Gasteiger partial charge in [0.05, 0.1) is 13.2 Å². The van der Waals surface area contributed by atoms with E-state index in [1.54, 1.807) is 0 Å². The van der Waals surface area contributed by atoms with E-state index < -0.39 is 0 Å². The number of carbonyl (C=O) groups is 2. The van der Waals surface area contributed by atoms with Crippen molar-refractivity contribution in [3.05, 3.63) is 0 Å². The highest BCUT2D eigenvalue weighted by Crippen LogP contribution is 2.42. The molecule has 2 aliphatic heterocycles. The normalized spacial score (nSPS) is 37.6. The first-order valence-electron chi connectivity index (χ1n) is 9.07. The summed E-state index contributed by atoms with van der Waals surface area (Å²) in [6.07, 6.45) is 2.99. The fourth-order valence-corrected chi connectivity index (χ4v) is 3.64. The molecule has 1 saturated carbocycles. The van der Waals surface area contributed by atoms with E-state index in [4.69, 9.17) is 18.9 Å². The van der Waals surface area contributed by atoms with Gasteiger partial charge in [0.25, 0.3) is 0 Å². The van der Waals surface area contributed by atoms with Crippen LogP contribution in [0.25, 0.3) is 0 Å². The van der Waals surface area contributed by atoms with Gasteiger partial charge < -0.3 is 18.9 Å². The summed E-state index contributed by atoms with van der Waals surface area (Å²) in [5.41, 5.74) is 0. The van der Waals surface area contributed by atoms with Crippen LogP contribution in [0.15, 0.2) is 0 Å². The molecule has 0 aromatic heterocycles. The number of carbonyl (C=O) groups excluding carboxylic acids is 2. The monoisotopic (exact) mass is 340 g/mol. The van der Waals surface area contributed by atoms with E-state index in [1.807, 2.05) is 0 Å². The maximum atomic E-state index is 12.1. The first kappa shape index (κ1) is 17.7. The van der Waals surface area contributed by atoms with E-state index >= 15 is 0 Å². The van der Waals surface area contributed by atoms with Crippen LogP contribution in [0.1, 0.15) is 39.5 Å². The Morgan fingerprint density at radius 1 is 0.917 bits per heavy atom. The summed E-state index contributed by atoms with van der Waals surface area (Å²) in [4.78, 5) is 24.2. The predicted octanol–water partition coefficient (Wildman–Crippen LogP) is 1.95. The Morgan fingerprint density at radius 3 is 2.00 bits per heavy atom. The van der Waals surface area contributed by atoms with Crippen molar-refractivity contribution in [2.75, 3.05) is 26.4 Å². The second-order valence-electron chi connectivity index (χ2n) is 7.52. The van der Waals surface area contributed by atoms with Crippen LogP contribution in [-0.4, -0.2) is 50.6 Å². The molecule has 3 rings (SSSR count). The number of hydrogen-bond donors (Lipinski definition) is 0. The molecular weight excluding hydrogens is 312 g/mol. The lowest BCUT2D eigenvalue weighted by atomic mass is 9.66. The van der Waals surface area contributed by atoms with Gasteiger partial charge in [0.2, 0.25) is 0 Å². The fourth-order valence-electron chi connectivity index (χ4n) is 3.64. The van der Waals surface area contributed by atoms with Gasteiger partial charge >= 0.3 is 11.9 Å². The molecule has 0 aromatic rings. The van der Waals surface area contributed by atoms with E-state index in [1.165, 1.54) is 0 Å². The van der Waals surface area contributed by atoms with Crippen molar-refractivity contribution in [2.24, 2.45) is 23.7 Å². The summed E-state index contributed by atoms with van der Waals surface area (Å²) in [6.45, 7) is 6.48. The van der Waals surface area contributed by atoms with Gasteiger partial charge in [-0.15, -0.1) is 0 Å². The summed E-state index contributed by atoms with van der Waals surface area (Å²) in [5.74, 6) is 0.956. The summed E-state index contributed by atoms with van der Waals surface area (Å²) >= 11 is 0. The Balaban J connectivity index is 1.50. The van der Waals surface area contributed by atoms with E-state index in [0.717, 1.165) is 12.8 Å². The summed E-state index contributed by atoms with van der Waals surface area (Å²) in [6, 6.07) is 0. The molecule has 3 fully saturated rings. The van der Waals surface area contributed by atoms with Crippen LogP contribution >= 0.6 is 0 Å². The second kappa shape index (κ2) is 7.83. The quantitative estimate of drug-likeness (QED) is 0.496. The molecular formula is C18H28O6. The van der Waals surface area contributed by atoms with E-state index in [9.17, 15) is 9.59 Å². The fraction of sp³-hybridized carbons (Fsp3) is 0.889. The summed E-state index contributed by atoms with van der Waals surface area (Å²) < 4.78 is 20.7. The molecule has 1 aliphatic carbocycles. The SMILES string of the molecule is CC1CCC(CC(=O)OCC2CO2)C(CC(=O)OCC2CO2)C1C. The van der Waals surface area contributed by atoms with Crippen molar-refractivity contribution in [2.45, 2.75) is 51.7 Å². The zero-order valence-corrected chi connectivity index (χ0v) is 14.6. The molecule has 6 nitrogen and oxygen atoms in total. The number of ether oxygens (including phenoxy) is 4. The summed E-state index contributed by atoms with van der Waals surface area (Å²) in [7, 11) is 0. The van der Waals surface area contributed by atoms with Crippen molar-refractivity contribution in [3.8, 4) is 0 Å². The molecule has 0 N–H and O–H groups in total. The van der Waals surface area contributed by atoms with Crippen LogP contribution in [0.3, 0.4) is 0 Å². The van der Waals surface area contributed by atoms with Crippen molar-refractivity contribution in [1.29, 1.82) is 0 Å². The van der Waals surface area contributed by atoms with Crippen LogP contribution in [-0.2, 0) is 28.5 Å². The van der Waals surface area contributed by atoms with E-state index in [-0.39, 0.29) is 36.0 Å². The van der Waals surface area contributed by atoms with Gasteiger partial charge in [-0.1, -0.05) is 20.3 Å². The van der Waals surface area contributed by atoms with Crippen LogP contribution in [0.4, 0.5) is 0 Å². The average Bonchev–Trinajstić information content (AvgIpc) is 3.45. The molecule has 2 saturated heterocycles. The Kier molecular flexibility index (Phi) is 5.76. The number of esters is 2. The molecule has 0 bridgehead atoms. The highest BCUT2D eigenvalue weighted by molar-refractivity contribution is 5.71. The van der Waals surface area contributed by atoms with E-state index in [2.05, 4.69) is 13.8 Å². The third kappa shape index (κ3) is 5.18. The second-order valence-corrected chi connectivity index (χ2v) is 7.52. The number of epoxide rings is 2. The lowest BCUT2D eigenvalue weighted by molar-refractivity contribution is -0.150. The molecule has 0 aromatic carbocycles. The molecule has 0 amide bonds. The molecule has 24 heavy (non-hydrogen) atoms. The van der Waals surface area contributed by atoms with Crippen LogP contribution in [0.2, 0.25) is 0 Å². The maximum Gasteiger partial charge on any atom is 0.306 e. The molecule has 6 heteroatoms. The van der Waals surface area contributed by atoms with Crippen LogP contribution in [0, 0.1) is 23.7 Å². The molecule has 6 atom stereocenters. The van der Waals surface area contributed by atoms with Crippen molar-refractivity contribution in [3.63, 3.8) is 0 Å². The molecule has 136 valence electrons. The Morgan fingerprint density at radius 2 is 1.46 bits per heavy atom. The van der Waals surface area contributed by atoms with E-state index in [0.29, 0.717) is 51.1 Å². The smallest absolute Gasteiger partial charge is 0.306 e. The minimum atomic E-state index is -0.179. The number of rotatable bonds is 8. The minimum Gasteiger partial charge on any atom is -0.463 e. The first-order chi connectivity index (χ1) is 11.5. The molecule has 2 heterocycles.